The Morgan fingerprint density at radius 2 is 1.57 bits per heavy atom. The minimum atomic E-state index is -1.55. The van der Waals surface area contributed by atoms with E-state index in [2.05, 4.69) is 25.2 Å². The summed E-state index contributed by atoms with van der Waals surface area (Å²) < 4.78 is 12.3. The van der Waals surface area contributed by atoms with Gasteiger partial charge >= 0.3 is 0 Å². The number of rotatable bonds is 7. The lowest BCUT2D eigenvalue weighted by Crippen LogP contribution is -2.27. The van der Waals surface area contributed by atoms with Gasteiger partial charge in [0.15, 0.2) is 11.5 Å². The first kappa shape index (κ1) is 23.0. The number of fused-ring (bicyclic) bond motifs is 2. The van der Waals surface area contributed by atoms with Gasteiger partial charge in [0.25, 0.3) is 0 Å². The molecule has 0 saturated heterocycles. The largest absolute Gasteiger partial charge is 0.545 e. The number of carbonyl (C=O) groups is 2. The van der Waals surface area contributed by atoms with E-state index in [1.54, 1.807) is 0 Å². The van der Waals surface area contributed by atoms with Crippen LogP contribution in [-0.4, -0.2) is 24.5 Å². The van der Waals surface area contributed by atoms with Gasteiger partial charge in [-0.05, 0) is 50.2 Å². The molecule has 2 unspecified atom stereocenters. The van der Waals surface area contributed by atoms with E-state index in [4.69, 9.17) is 9.47 Å². The van der Waals surface area contributed by atoms with Gasteiger partial charge in [0, 0.05) is 18.0 Å². The van der Waals surface area contributed by atoms with Crippen molar-refractivity contribution in [2.75, 3.05) is 6.54 Å². The van der Waals surface area contributed by atoms with Crippen molar-refractivity contribution in [1.29, 1.82) is 0 Å². The predicted octanol–water partition coefficient (Wildman–Crippen LogP) is 1.73. The van der Waals surface area contributed by atoms with E-state index in [1.165, 1.54) is 0 Å². The van der Waals surface area contributed by atoms with Crippen LogP contribution in [0.1, 0.15) is 38.4 Å². The Labute approximate surface area is 176 Å². The average molecular weight is 411 g/mol. The van der Waals surface area contributed by atoms with E-state index in [1.807, 2.05) is 42.5 Å². The molecule has 0 bridgehead atoms. The van der Waals surface area contributed by atoms with Crippen molar-refractivity contribution in [3.05, 3.63) is 66.2 Å². The average Bonchev–Trinajstić information content (AvgIpc) is 2.89. The lowest BCUT2D eigenvalue weighted by Gasteiger charge is -2.19. The lowest BCUT2D eigenvalue weighted by atomic mass is 10.0. The number of carboxylic acids is 2. The van der Waals surface area contributed by atoms with Crippen LogP contribution in [0.3, 0.4) is 0 Å². The third kappa shape index (κ3) is 7.25. The first-order chi connectivity index (χ1) is 14.4. The zero-order valence-corrected chi connectivity index (χ0v) is 17.0. The highest BCUT2D eigenvalue weighted by molar-refractivity contribution is 5.87. The number of benzene rings is 2. The van der Waals surface area contributed by atoms with Crippen molar-refractivity contribution in [3.8, 4) is 17.2 Å². The van der Waals surface area contributed by atoms with Crippen LogP contribution in [0.4, 0.5) is 0 Å². The summed E-state index contributed by atoms with van der Waals surface area (Å²) in [5.74, 6) is -0.607. The van der Waals surface area contributed by atoms with Crippen molar-refractivity contribution < 1.29 is 29.3 Å². The molecule has 0 aliphatic carbocycles. The van der Waals surface area contributed by atoms with Crippen molar-refractivity contribution in [3.63, 3.8) is 0 Å². The van der Waals surface area contributed by atoms with Gasteiger partial charge in [0.1, 0.15) is 11.9 Å². The molecule has 160 valence electrons. The minimum Gasteiger partial charge on any atom is -0.545 e. The maximum Gasteiger partial charge on any atom is 0.169 e. The number of aliphatic carboxylic acids is 2. The summed E-state index contributed by atoms with van der Waals surface area (Å²) in [6, 6.07) is 16.5. The lowest BCUT2D eigenvalue weighted by molar-refractivity contribution is -0.301. The molecule has 1 heterocycles. The molecule has 1 aliphatic heterocycles. The number of hydrogen-bond acceptors (Lipinski definition) is 7. The minimum absolute atomic E-state index is 0.0106. The van der Waals surface area contributed by atoms with Gasteiger partial charge < -0.3 is 34.6 Å². The second-order valence-corrected chi connectivity index (χ2v) is 6.72. The van der Waals surface area contributed by atoms with Crippen LogP contribution in [0, 0.1) is 0 Å². The topological polar surface area (TPSA) is 111 Å². The van der Waals surface area contributed by atoms with Crippen molar-refractivity contribution in [2.24, 2.45) is 0 Å². The van der Waals surface area contributed by atoms with Gasteiger partial charge in [-0.1, -0.05) is 37.3 Å². The van der Waals surface area contributed by atoms with Gasteiger partial charge in [0.2, 0.25) is 0 Å². The van der Waals surface area contributed by atoms with Crippen molar-refractivity contribution in [1.82, 2.24) is 5.32 Å². The highest BCUT2D eigenvalue weighted by Gasteiger charge is 2.23. The van der Waals surface area contributed by atoms with E-state index < -0.39 is 11.9 Å². The van der Waals surface area contributed by atoms with E-state index in [-0.39, 0.29) is 6.10 Å². The number of carboxylic acid groups (broad SMARTS) is 2. The third-order valence-corrected chi connectivity index (χ3v) is 4.47. The van der Waals surface area contributed by atoms with Crippen LogP contribution in [-0.2, 0) is 9.59 Å². The molecular formula is C23H25NO6-2. The van der Waals surface area contributed by atoms with Gasteiger partial charge in [-0.3, -0.25) is 0 Å². The maximum absolute atomic E-state index is 9.41. The monoisotopic (exact) mass is 411 g/mol. The van der Waals surface area contributed by atoms with Crippen LogP contribution in [0.25, 0.3) is 0 Å². The third-order valence-electron chi connectivity index (χ3n) is 4.47. The Morgan fingerprint density at radius 1 is 1.00 bits per heavy atom. The van der Waals surface area contributed by atoms with Crippen LogP contribution in [0.2, 0.25) is 0 Å². The molecule has 0 amide bonds. The van der Waals surface area contributed by atoms with Gasteiger partial charge in [-0.25, -0.2) is 0 Å². The summed E-state index contributed by atoms with van der Waals surface area (Å²) in [5, 5.41) is 22.4. The molecule has 0 radical (unpaired) electrons. The second kappa shape index (κ2) is 11.6. The molecule has 2 atom stereocenters. The molecule has 30 heavy (non-hydrogen) atoms. The Kier molecular flexibility index (Phi) is 8.90. The number of nitrogens with one attached hydrogen (secondary N) is 1. The number of carbonyl (C=O) groups excluding carboxylic acids is 2. The highest BCUT2D eigenvalue weighted by Crippen LogP contribution is 2.42. The van der Waals surface area contributed by atoms with Crippen molar-refractivity contribution in [2.45, 2.75) is 38.8 Å². The molecule has 0 aromatic heterocycles. The summed E-state index contributed by atoms with van der Waals surface area (Å²) in [4.78, 5) is 18.8. The van der Waals surface area contributed by atoms with Crippen LogP contribution >= 0.6 is 0 Å². The molecular weight excluding hydrogens is 386 g/mol. The fourth-order valence-electron chi connectivity index (χ4n) is 2.76. The molecule has 0 fully saturated rings. The fraction of sp³-hybridized carbons (Fsp3) is 0.304. The first-order valence-corrected chi connectivity index (χ1v) is 9.76. The Hall–Kier alpha value is -3.32. The zero-order valence-electron chi connectivity index (χ0n) is 17.0. The summed E-state index contributed by atoms with van der Waals surface area (Å²) in [6.45, 7) is 5.33. The molecule has 3 rings (SSSR count). The summed E-state index contributed by atoms with van der Waals surface area (Å²) >= 11 is 0. The number of para-hydroxylation sites is 3. The molecule has 1 aliphatic rings. The normalized spacial score (nSPS) is 15.3. The smallest absolute Gasteiger partial charge is 0.169 e. The fourth-order valence-corrected chi connectivity index (χ4v) is 2.76. The van der Waals surface area contributed by atoms with Crippen LogP contribution < -0.4 is 25.0 Å². The SMILES string of the molecule is CCC(C)NCCC1Oc2ccccc2Oc2ccccc21.O=C([O-])/C=C/C(=O)[O-]. The number of ether oxygens (including phenoxy) is 2. The van der Waals surface area contributed by atoms with E-state index >= 15 is 0 Å². The molecule has 7 nitrogen and oxygen atoms in total. The molecule has 0 saturated carbocycles. The Balaban J connectivity index is 0.000000343. The summed E-state index contributed by atoms with van der Waals surface area (Å²) in [6.07, 6.45) is 2.83. The van der Waals surface area contributed by atoms with Crippen LogP contribution in [0.5, 0.6) is 17.2 Å². The molecule has 0 spiro atoms. The van der Waals surface area contributed by atoms with Gasteiger partial charge in [0.05, 0.1) is 11.9 Å². The van der Waals surface area contributed by atoms with Gasteiger partial charge in [-0.2, -0.15) is 0 Å². The summed E-state index contributed by atoms with van der Waals surface area (Å²) in [5.41, 5.74) is 1.12. The molecule has 1 N–H and O–H groups in total. The van der Waals surface area contributed by atoms with E-state index in [9.17, 15) is 19.8 Å². The number of hydrogen-bond donors (Lipinski definition) is 1. The molecule has 2 aromatic carbocycles. The Bertz CT molecular complexity index is 864. The maximum atomic E-state index is 9.41. The van der Waals surface area contributed by atoms with E-state index in [0.717, 1.165) is 42.2 Å². The first-order valence-electron chi connectivity index (χ1n) is 9.76. The standard InChI is InChI=1S/C19H23NO2.C4H4O4/c1-3-14(2)20-13-12-17-15-8-4-5-9-16(15)21-18-10-6-7-11-19(18)22-17;5-3(6)1-2-4(7)8/h4-11,14,17,20H,3,12-13H2,1-2H3;1-2H,(H,5,6)(H,7,8)/p-2/b;2-1+. The predicted molar refractivity (Wildman–Crippen MR) is 108 cm³/mol. The zero-order chi connectivity index (χ0) is 21.9. The van der Waals surface area contributed by atoms with Gasteiger partial charge in [-0.15, -0.1) is 0 Å². The van der Waals surface area contributed by atoms with Crippen LogP contribution in [0.15, 0.2) is 60.7 Å². The second-order valence-electron chi connectivity index (χ2n) is 6.72. The Morgan fingerprint density at radius 3 is 2.17 bits per heavy atom. The quantitative estimate of drug-likeness (QED) is 0.691. The molecule has 7 heteroatoms. The summed E-state index contributed by atoms with van der Waals surface area (Å²) in [7, 11) is 0. The van der Waals surface area contributed by atoms with Crippen molar-refractivity contribution >= 4 is 11.9 Å². The molecule has 2 aromatic rings. The van der Waals surface area contributed by atoms with E-state index in [0.29, 0.717) is 18.2 Å². The highest BCUT2D eigenvalue weighted by atomic mass is 16.5.